The van der Waals surface area contributed by atoms with Crippen LogP contribution in [0, 0.1) is 5.92 Å². The Bertz CT molecular complexity index is 476. The highest BCUT2D eigenvalue weighted by Crippen LogP contribution is 2.34. The minimum absolute atomic E-state index is 0.0937. The van der Waals surface area contributed by atoms with Crippen molar-refractivity contribution in [1.82, 2.24) is 4.90 Å². The van der Waals surface area contributed by atoms with Gasteiger partial charge < -0.3 is 10.2 Å². The molecule has 122 valence electrons. The molecule has 1 aromatic carbocycles. The summed E-state index contributed by atoms with van der Waals surface area (Å²) in [7, 11) is 0. The van der Waals surface area contributed by atoms with Crippen LogP contribution in [0.1, 0.15) is 24.8 Å². The van der Waals surface area contributed by atoms with E-state index >= 15 is 0 Å². The molecule has 0 radical (unpaired) electrons. The molecule has 1 amide bonds. The molecule has 0 bridgehead atoms. The van der Waals surface area contributed by atoms with Gasteiger partial charge in [-0.05, 0) is 30.7 Å². The Labute approximate surface area is 128 Å². The summed E-state index contributed by atoms with van der Waals surface area (Å²) >= 11 is 0. The molecule has 6 heteroatoms. The van der Waals surface area contributed by atoms with E-state index in [1.165, 1.54) is 0 Å². The fourth-order valence-corrected chi connectivity index (χ4v) is 3.04. The maximum absolute atomic E-state index is 13.3. The number of hydrogen-bond acceptors (Lipinski definition) is 2. The average molecular weight is 313 g/mol. The number of carboxylic acid groups (broad SMARTS) is 1. The Morgan fingerprint density at radius 3 is 2.32 bits per heavy atom. The monoisotopic (exact) mass is 313 g/mol. The van der Waals surface area contributed by atoms with Crippen molar-refractivity contribution in [1.29, 1.82) is 0 Å². The van der Waals surface area contributed by atoms with Gasteiger partial charge in [0.1, 0.15) is 12.3 Å². The fraction of sp³-hybridized carbons (Fsp3) is 0.562. The number of nitrogens with zero attached hydrogens (tertiary/aromatic N) is 1. The first-order valence-electron chi connectivity index (χ1n) is 7.43. The molecule has 1 saturated carbocycles. The van der Waals surface area contributed by atoms with Crippen LogP contribution in [-0.4, -0.2) is 46.2 Å². The van der Waals surface area contributed by atoms with E-state index in [2.05, 4.69) is 0 Å². The summed E-state index contributed by atoms with van der Waals surface area (Å²) in [4.78, 5) is 12.6. The topological polar surface area (TPSA) is 60.8 Å². The third kappa shape index (κ3) is 4.16. The number of benzene rings is 1. The van der Waals surface area contributed by atoms with Crippen molar-refractivity contribution in [3.05, 3.63) is 35.9 Å². The lowest BCUT2D eigenvalue weighted by Gasteiger charge is -2.30. The highest BCUT2D eigenvalue weighted by Gasteiger charge is 2.37. The Hall–Kier alpha value is -1.69. The first-order chi connectivity index (χ1) is 10.5. The van der Waals surface area contributed by atoms with Crippen molar-refractivity contribution in [2.24, 2.45) is 5.92 Å². The molecule has 2 rings (SSSR count). The first kappa shape index (κ1) is 16.7. The van der Waals surface area contributed by atoms with Gasteiger partial charge in [0.25, 0.3) is 0 Å². The Morgan fingerprint density at radius 2 is 1.82 bits per heavy atom. The van der Waals surface area contributed by atoms with E-state index in [1.807, 2.05) is 18.2 Å². The van der Waals surface area contributed by atoms with Crippen LogP contribution in [-0.2, 0) is 6.54 Å². The lowest BCUT2D eigenvalue weighted by atomic mass is 9.97. The van der Waals surface area contributed by atoms with Gasteiger partial charge in [-0.3, -0.25) is 4.90 Å². The smallest absolute Gasteiger partial charge is 0.407 e. The van der Waals surface area contributed by atoms with Gasteiger partial charge in [0.15, 0.2) is 0 Å². The van der Waals surface area contributed by atoms with Gasteiger partial charge in [-0.15, -0.1) is 0 Å². The van der Waals surface area contributed by atoms with Crippen LogP contribution in [0.2, 0.25) is 0 Å². The molecule has 4 nitrogen and oxygen atoms in total. The molecule has 0 unspecified atom stereocenters. The summed E-state index contributed by atoms with van der Waals surface area (Å²) in [5.74, 6) is -0.236. The van der Waals surface area contributed by atoms with Gasteiger partial charge in [0.2, 0.25) is 0 Å². The number of halogens is 2. The zero-order chi connectivity index (χ0) is 16.1. The second-order valence-corrected chi connectivity index (χ2v) is 5.84. The van der Waals surface area contributed by atoms with Crippen molar-refractivity contribution < 1.29 is 23.8 Å². The van der Waals surface area contributed by atoms with Crippen molar-refractivity contribution in [3.63, 3.8) is 0 Å². The van der Waals surface area contributed by atoms with Gasteiger partial charge >= 0.3 is 6.09 Å². The fourth-order valence-electron chi connectivity index (χ4n) is 3.04. The number of hydrogen-bond donors (Lipinski definition) is 2. The van der Waals surface area contributed by atoms with Crippen LogP contribution in [0.25, 0.3) is 0 Å². The molecule has 1 aliphatic rings. The molecule has 1 aromatic rings. The first-order valence-corrected chi connectivity index (χ1v) is 7.43. The predicted molar refractivity (Wildman–Crippen MR) is 78.0 cm³/mol. The average Bonchev–Trinajstić information content (AvgIpc) is 2.82. The number of aliphatic hydroxyl groups excluding tert-OH is 1. The molecule has 2 N–H and O–H groups in total. The normalized spacial score (nSPS) is 25.9. The maximum Gasteiger partial charge on any atom is 0.407 e. The number of rotatable bonds is 6. The molecule has 0 aromatic heterocycles. The molecule has 1 aliphatic carbocycles. The van der Waals surface area contributed by atoms with Gasteiger partial charge in [-0.25, -0.2) is 13.6 Å². The second-order valence-electron chi connectivity index (χ2n) is 5.84. The van der Waals surface area contributed by atoms with Gasteiger partial charge in [0, 0.05) is 6.54 Å². The second kappa shape index (κ2) is 7.54. The summed E-state index contributed by atoms with van der Waals surface area (Å²) < 4.78 is 26.5. The third-order valence-corrected chi connectivity index (χ3v) is 4.21. The largest absolute Gasteiger partial charge is 0.465 e. The zero-order valence-electron chi connectivity index (χ0n) is 12.2. The standard InChI is InChI=1S/C16H21F2NO3/c17-14-7-12(8-15(14)18)6-13(10-20)19(16(21)22)9-11-4-2-1-3-5-11/h1-5,12-15,20H,6-10H2,(H,21,22)/t12-,13-,14+,15-/m0/s1. The summed E-state index contributed by atoms with van der Waals surface area (Å²) in [6.45, 7) is -0.213. The molecule has 0 spiro atoms. The summed E-state index contributed by atoms with van der Waals surface area (Å²) in [5.41, 5.74) is 0.807. The van der Waals surface area contributed by atoms with Crippen molar-refractivity contribution in [3.8, 4) is 0 Å². The molecule has 0 heterocycles. The summed E-state index contributed by atoms with van der Waals surface area (Å²) in [6.07, 6.45) is -3.63. The molecule has 0 saturated heterocycles. The van der Waals surface area contributed by atoms with Crippen molar-refractivity contribution >= 4 is 6.09 Å². The Morgan fingerprint density at radius 1 is 1.23 bits per heavy atom. The van der Waals surface area contributed by atoms with E-state index < -0.39 is 24.5 Å². The molecule has 22 heavy (non-hydrogen) atoms. The zero-order valence-corrected chi connectivity index (χ0v) is 12.2. The highest BCUT2D eigenvalue weighted by molar-refractivity contribution is 5.65. The number of amides is 1. The van der Waals surface area contributed by atoms with Gasteiger partial charge in [-0.1, -0.05) is 30.3 Å². The number of carbonyl (C=O) groups is 1. The molecule has 1 fully saturated rings. The minimum atomic E-state index is -1.48. The molecular formula is C16H21F2NO3. The van der Waals surface area contributed by atoms with E-state index in [9.17, 15) is 23.8 Å². The van der Waals surface area contributed by atoms with Crippen LogP contribution in [0.3, 0.4) is 0 Å². The lowest BCUT2D eigenvalue weighted by molar-refractivity contribution is 0.0817. The van der Waals surface area contributed by atoms with E-state index in [0.29, 0.717) is 0 Å². The van der Waals surface area contributed by atoms with Crippen LogP contribution in [0.15, 0.2) is 30.3 Å². The summed E-state index contributed by atoms with van der Waals surface area (Å²) in [6, 6.07) is 8.40. The van der Waals surface area contributed by atoms with Crippen LogP contribution in [0.4, 0.5) is 13.6 Å². The quantitative estimate of drug-likeness (QED) is 0.849. The lowest BCUT2D eigenvalue weighted by Crippen LogP contribution is -2.42. The van der Waals surface area contributed by atoms with Gasteiger partial charge in [0.05, 0.1) is 12.6 Å². The predicted octanol–water partition coefficient (Wildman–Crippen LogP) is 3.00. The highest BCUT2D eigenvalue weighted by atomic mass is 19.2. The molecule has 4 atom stereocenters. The molecular weight excluding hydrogens is 292 g/mol. The van der Waals surface area contributed by atoms with E-state index in [1.54, 1.807) is 12.1 Å². The van der Waals surface area contributed by atoms with Crippen LogP contribution >= 0.6 is 0 Å². The molecule has 0 aliphatic heterocycles. The Balaban J connectivity index is 2.03. The minimum Gasteiger partial charge on any atom is -0.465 e. The summed E-state index contributed by atoms with van der Waals surface area (Å²) in [5, 5.41) is 18.9. The van der Waals surface area contributed by atoms with Crippen molar-refractivity contribution in [2.75, 3.05) is 6.61 Å². The van der Waals surface area contributed by atoms with Gasteiger partial charge in [-0.2, -0.15) is 0 Å². The van der Waals surface area contributed by atoms with E-state index in [4.69, 9.17) is 0 Å². The third-order valence-electron chi connectivity index (χ3n) is 4.21. The number of alkyl halides is 2. The maximum atomic E-state index is 13.3. The van der Waals surface area contributed by atoms with E-state index in [0.717, 1.165) is 10.5 Å². The SMILES string of the molecule is O=C(O)N(Cc1ccccc1)[C@H](CO)C[C@H]1C[C@@H](F)[C@@H](F)C1. The van der Waals surface area contributed by atoms with E-state index in [-0.39, 0.29) is 38.3 Å². The van der Waals surface area contributed by atoms with Crippen molar-refractivity contribution in [2.45, 2.75) is 44.2 Å². The van der Waals surface area contributed by atoms with Crippen LogP contribution in [0.5, 0.6) is 0 Å². The van der Waals surface area contributed by atoms with Crippen LogP contribution < -0.4 is 0 Å². The Kier molecular flexibility index (Phi) is 5.71. The number of aliphatic hydroxyl groups is 1.